The highest BCUT2D eigenvalue weighted by Crippen LogP contribution is 2.36. The Hall–Kier alpha value is -2.25. The van der Waals surface area contributed by atoms with Crippen molar-refractivity contribution in [1.29, 1.82) is 0 Å². The van der Waals surface area contributed by atoms with Crippen molar-refractivity contribution < 1.29 is 23.9 Å². The van der Waals surface area contributed by atoms with Gasteiger partial charge in [-0.2, -0.15) is 0 Å². The summed E-state index contributed by atoms with van der Waals surface area (Å²) in [6, 6.07) is 8.09. The molecule has 1 aliphatic rings. The number of nitrogens with zero attached hydrogens (tertiary/aromatic N) is 2. The normalized spacial score (nSPS) is 17.3. The summed E-state index contributed by atoms with van der Waals surface area (Å²) in [4.78, 5) is 40.9. The van der Waals surface area contributed by atoms with Gasteiger partial charge in [0.2, 0.25) is 0 Å². The molecule has 0 saturated carbocycles. The molecule has 1 aromatic carbocycles. The van der Waals surface area contributed by atoms with Gasteiger partial charge < -0.3 is 9.47 Å². The molecule has 0 unspecified atom stereocenters. The third-order valence-corrected chi connectivity index (χ3v) is 4.33. The molecule has 1 aliphatic heterocycles. The van der Waals surface area contributed by atoms with Crippen molar-refractivity contribution >= 4 is 17.8 Å². The molecular formula is C18H24N2O5. The number of hydrogen-bond acceptors (Lipinski definition) is 5. The lowest BCUT2D eigenvalue weighted by Crippen LogP contribution is -2.67. The van der Waals surface area contributed by atoms with E-state index in [1.54, 1.807) is 45.0 Å². The summed E-state index contributed by atoms with van der Waals surface area (Å²) in [6.45, 7) is 5.61. The smallest absolute Gasteiger partial charge is 0.337 e. The van der Waals surface area contributed by atoms with Crippen molar-refractivity contribution in [3.63, 3.8) is 0 Å². The molecule has 0 bridgehead atoms. The minimum absolute atomic E-state index is 0.196. The number of imide groups is 2. The second-order valence-electron chi connectivity index (χ2n) is 5.62. The molecule has 0 aromatic heterocycles. The second kappa shape index (κ2) is 8.22. The molecule has 1 aromatic rings. The van der Waals surface area contributed by atoms with Crippen LogP contribution in [-0.4, -0.2) is 54.3 Å². The quantitative estimate of drug-likeness (QED) is 0.673. The fourth-order valence-corrected chi connectivity index (χ4v) is 2.94. The number of hydrogen-bond donors (Lipinski definition) is 0. The highest BCUT2D eigenvalue weighted by molar-refractivity contribution is 6.22. The summed E-state index contributed by atoms with van der Waals surface area (Å²) in [5.74, 6) is -1.12. The van der Waals surface area contributed by atoms with Gasteiger partial charge in [-0.15, -0.1) is 0 Å². The van der Waals surface area contributed by atoms with Crippen molar-refractivity contribution in [3.8, 4) is 0 Å². The lowest BCUT2D eigenvalue weighted by molar-refractivity contribution is -0.159. The van der Waals surface area contributed by atoms with Gasteiger partial charge in [-0.05, 0) is 25.8 Å². The number of benzene rings is 1. The molecule has 1 heterocycles. The summed E-state index contributed by atoms with van der Waals surface area (Å²) in [6.07, 6.45) is 0.229. The predicted molar refractivity (Wildman–Crippen MR) is 90.5 cm³/mol. The van der Waals surface area contributed by atoms with Gasteiger partial charge in [0.15, 0.2) is 5.41 Å². The summed E-state index contributed by atoms with van der Waals surface area (Å²) in [7, 11) is 0. The van der Waals surface area contributed by atoms with Crippen LogP contribution >= 0.6 is 0 Å². The Morgan fingerprint density at radius 2 is 1.32 bits per heavy atom. The zero-order valence-electron chi connectivity index (χ0n) is 14.9. The van der Waals surface area contributed by atoms with Crippen LogP contribution < -0.4 is 0 Å². The Morgan fingerprint density at radius 1 is 0.840 bits per heavy atom. The van der Waals surface area contributed by atoms with Crippen LogP contribution in [0.25, 0.3) is 0 Å². The van der Waals surface area contributed by atoms with Crippen molar-refractivity contribution in [2.24, 2.45) is 0 Å². The van der Waals surface area contributed by atoms with Gasteiger partial charge in [0.05, 0.1) is 0 Å². The van der Waals surface area contributed by atoms with Gasteiger partial charge in [0, 0.05) is 13.2 Å². The molecule has 0 aliphatic carbocycles. The SMILES string of the molecule is CCOCN1C(=O)N(COCC)C(=O)C(CC)(c2ccccc2)C1=O. The van der Waals surface area contributed by atoms with Gasteiger partial charge in [-0.25, -0.2) is 14.6 Å². The number of carbonyl (C=O) groups is 3. The van der Waals surface area contributed by atoms with Crippen LogP contribution in [0.2, 0.25) is 0 Å². The molecule has 4 amide bonds. The van der Waals surface area contributed by atoms with Gasteiger partial charge in [0.1, 0.15) is 13.5 Å². The van der Waals surface area contributed by atoms with Crippen molar-refractivity contribution in [2.45, 2.75) is 32.6 Å². The topological polar surface area (TPSA) is 76.2 Å². The van der Waals surface area contributed by atoms with Crippen molar-refractivity contribution in [1.82, 2.24) is 9.80 Å². The van der Waals surface area contributed by atoms with E-state index in [2.05, 4.69) is 0 Å². The highest BCUT2D eigenvalue weighted by atomic mass is 16.5. The molecule has 0 radical (unpaired) electrons. The van der Waals surface area contributed by atoms with Crippen LogP contribution in [0.4, 0.5) is 4.79 Å². The fraction of sp³-hybridized carbons (Fsp3) is 0.500. The van der Waals surface area contributed by atoms with Crippen molar-refractivity contribution in [3.05, 3.63) is 35.9 Å². The molecule has 1 fully saturated rings. The van der Waals surface area contributed by atoms with E-state index in [4.69, 9.17) is 9.47 Å². The van der Waals surface area contributed by atoms with E-state index < -0.39 is 23.3 Å². The molecule has 25 heavy (non-hydrogen) atoms. The molecule has 0 atom stereocenters. The average Bonchev–Trinajstić information content (AvgIpc) is 2.63. The standard InChI is InChI=1S/C18H24N2O5/c1-4-18(14-10-8-7-9-11-14)15(21)19(12-24-5-2)17(23)20(16(18)22)13-25-6-3/h7-11H,4-6,12-13H2,1-3H3. The summed E-state index contributed by atoms with van der Waals surface area (Å²) < 4.78 is 10.6. The molecule has 7 nitrogen and oxygen atoms in total. The first kappa shape index (κ1) is 19.1. The monoisotopic (exact) mass is 348 g/mol. The van der Waals surface area contributed by atoms with E-state index in [0.717, 1.165) is 9.80 Å². The molecule has 7 heteroatoms. The molecule has 136 valence electrons. The van der Waals surface area contributed by atoms with Crippen molar-refractivity contribution in [2.75, 3.05) is 26.7 Å². The Morgan fingerprint density at radius 3 is 1.72 bits per heavy atom. The Balaban J connectivity index is 2.53. The van der Waals surface area contributed by atoms with Gasteiger partial charge >= 0.3 is 6.03 Å². The van der Waals surface area contributed by atoms with Crippen LogP contribution in [0.15, 0.2) is 30.3 Å². The molecular weight excluding hydrogens is 324 g/mol. The number of carbonyl (C=O) groups excluding carboxylic acids is 3. The maximum Gasteiger partial charge on any atom is 0.337 e. The van der Waals surface area contributed by atoms with Crippen LogP contribution in [0.5, 0.6) is 0 Å². The number of urea groups is 1. The lowest BCUT2D eigenvalue weighted by atomic mass is 9.74. The Bertz CT molecular complexity index is 602. The van der Waals surface area contributed by atoms with Crippen LogP contribution in [0.3, 0.4) is 0 Å². The summed E-state index contributed by atoms with van der Waals surface area (Å²) >= 11 is 0. The Labute approximate surface area is 147 Å². The summed E-state index contributed by atoms with van der Waals surface area (Å²) in [5.41, 5.74) is -0.897. The first-order chi connectivity index (χ1) is 12.0. The van der Waals surface area contributed by atoms with Gasteiger partial charge in [0.25, 0.3) is 11.8 Å². The molecule has 0 spiro atoms. The van der Waals surface area contributed by atoms with E-state index in [1.807, 2.05) is 6.07 Å². The lowest BCUT2D eigenvalue weighted by Gasteiger charge is -2.43. The third kappa shape index (κ3) is 3.29. The number of rotatable bonds is 8. The largest absolute Gasteiger partial charge is 0.361 e. The summed E-state index contributed by atoms with van der Waals surface area (Å²) in [5, 5.41) is 0. The second-order valence-corrected chi connectivity index (χ2v) is 5.62. The van der Waals surface area contributed by atoms with E-state index in [0.29, 0.717) is 18.8 Å². The Kier molecular flexibility index (Phi) is 6.27. The van der Waals surface area contributed by atoms with Gasteiger partial charge in [-0.3, -0.25) is 9.59 Å². The van der Waals surface area contributed by atoms with Crippen LogP contribution in [0, 0.1) is 0 Å². The van der Waals surface area contributed by atoms with E-state index in [1.165, 1.54) is 0 Å². The van der Waals surface area contributed by atoms with Crippen LogP contribution in [0.1, 0.15) is 32.8 Å². The maximum atomic E-state index is 13.2. The van der Waals surface area contributed by atoms with E-state index in [-0.39, 0.29) is 19.9 Å². The first-order valence-corrected chi connectivity index (χ1v) is 8.43. The van der Waals surface area contributed by atoms with E-state index in [9.17, 15) is 14.4 Å². The third-order valence-electron chi connectivity index (χ3n) is 4.33. The maximum absolute atomic E-state index is 13.2. The minimum atomic E-state index is -1.45. The first-order valence-electron chi connectivity index (χ1n) is 8.43. The van der Waals surface area contributed by atoms with Gasteiger partial charge in [-0.1, -0.05) is 37.3 Å². The molecule has 1 saturated heterocycles. The zero-order chi connectivity index (χ0) is 18.4. The molecule has 0 N–H and O–H groups in total. The number of amides is 4. The number of ether oxygens (including phenoxy) is 2. The minimum Gasteiger partial charge on any atom is -0.361 e. The van der Waals surface area contributed by atoms with E-state index >= 15 is 0 Å². The highest BCUT2D eigenvalue weighted by Gasteiger charge is 2.57. The zero-order valence-corrected chi connectivity index (χ0v) is 14.9. The predicted octanol–water partition coefficient (Wildman–Crippen LogP) is 2.11. The number of barbiturate groups is 1. The fourth-order valence-electron chi connectivity index (χ4n) is 2.94. The average molecular weight is 348 g/mol. The molecule has 2 rings (SSSR count). The van der Waals surface area contributed by atoms with Crippen LogP contribution in [-0.2, 0) is 24.5 Å².